The van der Waals surface area contributed by atoms with E-state index in [2.05, 4.69) is 15.0 Å². The van der Waals surface area contributed by atoms with Crippen molar-refractivity contribution < 1.29 is 18.3 Å². The Balaban J connectivity index is 0.00000392. The lowest BCUT2D eigenvalue weighted by molar-refractivity contribution is -0.127. The van der Waals surface area contributed by atoms with Crippen LogP contribution in [0.5, 0.6) is 5.75 Å². The molecule has 1 aromatic carbocycles. The van der Waals surface area contributed by atoms with Crippen LogP contribution in [-0.2, 0) is 11.3 Å². The van der Waals surface area contributed by atoms with Crippen molar-refractivity contribution in [2.45, 2.75) is 44.9 Å². The number of nitrogens with one attached hydrogen (secondary N) is 1. The second kappa shape index (κ2) is 12.0. The van der Waals surface area contributed by atoms with Gasteiger partial charge in [0.05, 0.1) is 0 Å². The number of nitrogens with zero attached hydrogens (tertiary/aromatic N) is 3. The molecule has 6 nitrogen and oxygen atoms in total. The van der Waals surface area contributed by atoms with E-state index in [0.29, 0.717) is 18.5 Å². The summed E-state index contributed by atoms with van der Waals surface area (Å²) >= 11 is 0. The summed E-state index contributed by atoms with van der Waals surface area (Å²) in [7, 11) is 5.30. The first-order chi connectivity index (χ1) is 12.8. The molecule has 1 N–H and O–H groups in total. The first-order valence-corrected chi connectivity index (χ1v) is 9.11. The minimum atomic E-state index is -2.83. The van der Waals surface area contributed by atoms with Crippen molar-refractivity contribution in [3.8, 4) is 5.75 Å². The van der Waals surface area contributed by atoms with E-state index in [1.165, 1.54) is 29.9 Å². The summed E-state index contributed by atoms with van der Waals surface area (Å²) in [5.41, 5.74) is 0.930. The van der Waals surface area contributed by atoms with Gasteiger partial charge in [-0.05, 0) is 30.5 Å². The monoisotopic (exact) mass is 510 g/mol. The highest BCUT2D eigenvalue weighted by molar-refractivity contribution is 14.0. The van der Waals surface area contributed by atoms with E-state index < -0.39 is 6.61 Å². The van der Waals surface area contributed by atoms with Crippen LogP contribution in [0.25, 0.3) is 0 Å². The molecule has 0 unspecified atom stereocenters. The van der Waals surface area contributed by atoms with Crippen LogP contribution in [0.2, 0.25) is 0 Å². The largest absolute Gasteiger partial charge is 0.435 e. The summed E-state index contributed by atoms with van der Waals surface area (Å²) in [6, 6.07) is 6.89. The number of hydrogen-bond donors (Lipinski definition) is 1. The number of ether oxygens (including phenoxy) is 1. The molecule has 0 aromatic heterocycles. The lowest BCUT2D eigenvalue weighted by atomic mass is 10.2. The summed E-state index contributed by atoms with van der Waals surface area (Å²) in [6.07, 6.45) is 4.57. The van der Waals surface area contributed by atoms with E-state index in [-0.39, 0.29) is 42.2 Å². The van der Waals surface area contributed by atoms with E-state index in [9.17, 15) is 13.6 Å². The number of hydrogen-bond acceptors (Lipinski definition) is 3. The predicted molar refractivity (Wildman–Crippen MR) is 116 cm³/mol. The molecule has 1 aliphatic rings. The van der Waals surface area contributed by atoms with E-state index in [0.717, 1.165) is 18.4 Å². The fourth-order valence-corrected chi connectivity index (χ4v) is 2.94. The number of benzene rings is 1. The van der Waals surface area contributed by atoms with Gasteiger partial charge in [0.1, 0.15) is 12.3 Å². The fourth-order valence-electron chi connectivity index (χ4n) is 2.94. The Bertz CT molecular complexity index is 635. The average Bonchev–Trinajstić information content (AvgIpc) is 3.12. The van der Waals surface area contributed by atoms with Crippen molar-refractivity contribution in [1.29, 1.82) is 0 Å². The molecule has 1 fully saturated rings. The van der Waals surface area contributed by atoms with Gasteiger partial charge in [-0.1, -0.05) is 25.0 Å². The Morgan fingerprint density at radius 2 is 1.82 bits per heavy atom. The zero-order chi connectivity index (χ0) is 19.8. The van der Waals surface area contributed by atoms with Crippen molar-refractivity contribution in [1.82, 2.24) is 15.1 Å². The number of guanidine groups is 1. The van der Waals surface area contributed by atoms with Gasteiger partial charge >= 0.3 is 6.61 Å². The minimum absolute atomic E-state index is 0. The Morgan fingerprint density at radius 1 is 1.21 bits per heavy atom. The molecule has 28 heavy (non-hydrogen) atoms. The van der Waals surface area contributed by atoms with Crippen molar-refractivity contribution in [3.63, 3.8) is 0 Å². The molecule has 2 rings (SSSR count). The Hall–Kier alpha value is -1.65. The molecule has 0 saturated heterocycles. The molecule has 158 valence electrons. The van der Waals surface area contributed by atoms with Crippen LogP contribution in [-0.4, -0.2) is 62.0 Å². The second-order valence-corrected chi connectivity index (χ2v) is 6.93. The Labute approximate surface area is 182 Å². The minimum Gasteiger partial charge on any atom is -0.435 e. The second-order valence-electron chi connectivity index (χ2n) is 6.93. The zero-order valence-electron chi connectivity index (χ0n) is 16.5. The van der Waals surface area contributed by atoms with Crippen LogP contribution in [0.3, 0.4) is 0 Å². The van der Waals surface area contributed by atoms with Crippen LogP contribution in [0.4, 0.5) is 8.78 Å². The highest BCUT2D eigenvalue weighted by Crippen LogP contribution is 2.19. The van der Waals surface area contributed by atoms with E-state index in [4.69, 9.17) is 0 Å². The van der Waals surface area contributed by atoms with Gasteiger partial charge in [0.2, 0.25) is 5.91 Å². The lowest BCUT2D eigenvalue weighted by Crippen LogP contribution is -2.43. The maximum absolute atomic E-state index is 12.3. The standard InChI is InChI=1S/C19H28F2N4O2.HI/c1-24(2)17(26)12-22-19(23-15-6-4-5-7-15)25(3)13-14-8-10-16(11-9-14)27-18(20)21;/h8-11,15,18H,4-7,12-13H2,1-3H3,(H,22,23);1H. The number of carbonyl (C=O) groups is 1. The molecule has 0 aliphatic heterocycles. The number of halogens is 3. The number of rotatable bonds is 7. The third-order valence-corrected chi connectivity index (χ3v) is 4.48. The van der Waals surface area contributed by atoms with Crippen LogP contribution in [0, 0.1) is 0 Å². The third-order valence-electron chi connectivity index (χ3n) is 4.48. The maximum Gasteiger partial charge on any atom is 0.387 e. The molecule has 1 saturated carbocycles. The predicted octanol–water partition coefficient (Wildman–Crippen LogP) is 3.31. The van der Waals surface area contributed by atoms with Crippen LogP contribution in [0.15, 0.2) is 29.3 Å². The zero-order valence-corrected chi connectivity index (χ0v) is 18.9. The van der Waals surface area contributed by atoms with Crippen molar-refractivity contribution in [3.05, 3.63) is 29.8 Å². The SMILES string of the molecule is CN(C)C(=O)CN=C(NC1CCCC1)N(C)Cc1ccc(OC(F)F)cc1.I. The number of carbonyl (C=O) groups excluding carboxylic acids is 1. The third kappa shape index (κ3) is 8.15. The number of amides is 1. The van der Waals surface area contributed by atoms with Gasteiger partial charge in [-0.3, -0.25) is 4.79 Å². The Kier molecular flexibility index (Phi) is 10.5. The normalized spacial score (nSPS) is 14.6. The lowest BCUT2D eigenvalue weighted by Gasteiger charge is -2.25. The van der Waals surface area contributed by atoms with Crippen molar-refractivity contribution >= 4 is 35.8 Å². The van der Waals surface area contributed by atoms with E-state index >= 15 is 0 Å². The molecular weight excluding hydrogens is 481 g/mol. The van der Waals surface area contributed by atoms with Crippen LogP contribution < -0.4 is 10.1 Å². The van der Waals surface area contributed by atoms with E-state index in [1.807, 2.05) is 11.9 Å². The molecule has 9 heteroatoms. The topological polar surface area (TPSA) is 57.2 Å². The quantitative estimate of drug-likeness (QED) is 0.348. The van der Waals surface area contributed by atoms with Gasteiger partial charge in [0.25, 0.3) is 0 Å². The summed E-state index contributed by atoms with van der Waals surface area (Å²) in [5.74, 6) is 0.735. The van der Waals surface area contributed by atoms with Crippen molar-refractivity contribution in [2.24, 2.45) is 4.99 Å². The van der Waals surface area contributed by atoms with Gasteiger partial charge < -0.3 is 19.9 Å². The first kappa shape index (κ1) is 24.4. The summed E-state index contributed by atoms with van der Waals surface area (Å²) in [4.78, 5) is 19.8. The molecular formula is C19H29F2IN4O2. The maximum atomic E-state index is 12.3. The first-order valence-electron chi connectivity index (χ1n) is 9.11. The summed E-state index contributed by atoms with van der Waals surface area (Å²) in [5, 5.41) is 3.45. The van der Waals surface area contributed by atoms with Crippen LogP contribution >= 0.6 is 24.0 Å². The average molecular weight is 510 g/mol. The number of likely N-dealkylation sites (N-methyl/N-ethyl adjacent to an activating group) is 1. The molecule has 0 atom stereocenters. The number of aliphatic imine (C=N–C) groups is 1. The van der Waals surface area contributed by atoms with Gasteiger partial charge in [-0.15, -0.1) is 24.0 Å². The van der Waals surface area contributed by atoms with Gasteiger partial charge in [-0.25, -0.2) is 4.99 Å². The van der Waals surface area contributed by atoms with E-state index in [1.54, 1.807) is 26.2 Å². The van der Waals surface area contributed by atoms with Gasteiger partial charge in [0, 0.05) is 33.7 Å². The smallest absolute Gasteiger partial charge is 0.387 e. The Morgan fingerprint density at radius 3 is 2.36 bits per heavy atom. The number of alkyl halides is 2. The molecule has 0 heterocycles. The van der Waals surface area contributed by atoms with Crippen LogP contribution in [0.1, 0.15) is 31.2 Å². The molecule has 0 bridgehead atoms. The van der Waals surface area contributed by atoms with Crippen molar-refractivity contribution in [2.75, 3.05) is 27.7 Å². The molecule has 1 amide bonds. The molecule has 1 aromatic rings. The molecule has 0 spiro atoms. The van der Waals surface area contributed by atoms with Gasteiger partial charge in [0.15, 0.2) is 5.96 Å². The highest BCUT2D eigenvalue weighted by Gasteiger charge is 2.19. The molecule has 0 radical (unpaired) electrons. The molecule has 1 aliphatic carbocycles. The van der Waals surface area contributed by atoms with Gasteiger partial charge in [-0.2, -0.15) is 8.78 Å². The highest BCUT2D eigenvalue weighted by atomic mass is 127. The summed E-state index contributed by atoms with van der Waals surface area (Å²) < 4.78 is 28.9. The summed E-state index contributed by atoms with van der Waals surface area (Å²) in [6.45, 7) is -2.22. The fraction of sp³-hybridized carbons (Fsp3) is 0.579.